The lowest BCUT2D eigenvalue weighted by atomic mass is 10.1. The lowest BCUT2D eigenvalue weighted by Crippen LogP contribution is -2.25. The fourth-order valence-corrected chi connectivity index (χ4v) is 1.60. The predicted octanol–water partition coefficient (Wildman–Crippen LogP) is -0.494. The van der Waals surface area contributed by atoms with E-state index in [2.05, 4.69) is 22.0 Å². The van der Waals surface area contributed by atoms with Gasteiger partial charge in [0.15, 0.2) is 0 Å². The number of rotatable bonds is 1. The standard InChI is InChI=1S/C12H11N3O3/c1-8-4-5-9(3-2-6-16)10(7-8)15-11(17)13-14-12(15)18/h4-5,7,16H,6H2,1H3,(H,13,17)(H,14,18). The molecule has 2 aromatic rings. The van der Waals surface area contributed by atoms with Gasteiger partial charge >= 0.3 is 11.4 Å². The van der Waals surface area contributed by atoms with Gasteiger partial charge in [-0.25, -0.2) is 24.4 Å². The van der Waals surface area contributed by atoms with Gasteiger partial charge in [0.25, 0.3) is 0 Å². The molecule has 0 aliphatic carbocycles. The first-order valence-electron chi connectivity index (χ1n) is 5.24. The largest absolute Gasteiger partial charge is 0.384 e. The molecule has 0 amide bonds. The van der Waals surface area contributed by atoms with E-state index in [1.165, 1.54) is 0 Å². The van der Waals surface area contributed by atoms with Crippen LogP contribution in [0.5, 0.6) is 0 Å². The van der Waals surface area contributed by atoms with E-state index in [9.17, 15) is 9.59 Å². The maximum atomic E-state index is 11.6. The average molecular weight is 245 g/mol. The molecule has 18 heavy (non-hydrogen) atoms. The zero-order chi connectivity index (χ0) is 13.1. The van der Waals surface area contributed by atoms with Crippen LogP contribution in [-0.4, -0.2) is 26.5 Å². The fourth-order valence-electron chi connectivity index (χ4n) is 1.60. The minimum atomic E-state index is -0.558. The summed E-state index contributed by atoms with van der Waals surface area (Å²) in [7, 11) is 0. The number of nitrogens with zero attached hydrogens (tertiary/aromatic N) is 1. The number of H-pyrrole nitrogens is 2. The number of hydrogen-bond acceptors (Lipinski definition) is 3. The molecule has 0 bridgehead atoms. The molecule has 0 spiro atoms. The smallest absolute Gasteiger partial charge is 0.349 e. The van der Waals surface area contributed by atoms with Crippen LogP contribution >= 0.6 is 0 Å². The van der Waals surface area contributed by atoms with Crippen molar-refractivity contribution in [1.29, 1.82) is 0 Å². The van der Waals surface area contributed by atoms with Crippen molar-refractivity contribution in [3.05, 3.63) is 50.3 Å². The molecule has 2 rings (SSSR count). The summed E-state index contributed by atoms with van der Waals surface area (Å²) >= 11 is 0. The second kappa shape index (κ2) is 4.77. The third kappa shape index (κ3) is 2.12. The fraction of sp³-hybridized carbons (Fsp3) is 0.167. The van der Waals surface area contributed by atoms with E-state index in [1.54, 1.807) is 12.1 Å². The van der Waals surface area contributed by atoms with E-state index in [0.29, 0.717) is 11.3 Å². The number of aliphatic hydroxyl groups is 1. The third-order valence-corrected chi connectivity index (χ3v) is 2.38. The molecule has 0 saturated carbocycles. The molecule has 0 aliphatic rings. The zero-order valence-corrected chi connectivity index (χ0v) is 9.65. The number of aryl methyl sites for hydroxylation is 1. The van der Waals surface area contributed by atoms with Gasteiger partial charge in [-0.05, 0) is 24.6 Å². The first-order chi connectivity index (χ1) is 8.63. The second-order valence-corrected chi connectivity index (χ2v) is 3.68. The monoisotopic (exact) mass is 245 g/mol. The quantitative estimate of drug-likeness (QED) is 0.592. The predicted molar refractivity (Wildman–Crippen MR) is 65.7 cm³/mol. The molecule has 1 heterocycles. The number of aliphatic hydroxyl groups excluding tert-OH is 1. The Labute approximate surface area is 102 Å². The van der Waals surface area contributed by atoms with Gasteiger partial charge in [-0.2, -0.15) is 0 Å². The lowest BCUT2D eigenvalue weighted by Gasteiger charge is -2.04. The van der Waals surface area contributed by atoms with Crippen molar-refractivity contribution in [3.63, 3.8) is 0 Å². The summed E-state index contributed by atoms with van der Waals surface area (Å²) in [6, 6.07) is 5.20. The summed E-state index contributed by atoms with van der Waals surface area (Å²) in [5, 5.41) is 13.1. The maximum absolute atomic E-state index is 11.6. The number of benzene rings is 1. The highest BCUT2D eigenvalue weighted by molar-refractivity contribution is 5.52. The van der Waals surface area contributed by atoms with E-state index in [1.807, 2.05) is 13.0 Å². The molecular weight excluding hydrogens is 234 g/mol. The Morgan fingerprint density at radius 2 is 1.94 bits per heavy atom. The van der Waals surface area contributed by atoms with Gasteiger partial charge in [0.2, 0.25) is 0 Å². The van der Waals surface area contributed by atoms with Crippen LogP contribution in [0.3, 0.4) is 0 Å². The highest BCUT2D eigenvalue weighted by atomic mass is 16.2. The van der Waals surface area contributed by atoms with Crippen molar-refractivity contribution < 1.29 is 5.11 Å². The van der Waals surface area contributed by atoms with Gasteiger partial charge < -0.3 is 5.11 Å². The Kier molecular flexibility index (Phi) is 3.17. The Hall–Kier alpha value is -2.52. The Bertz CT molecular complexity index is 713. The topological polar surface area (TPSA) is 90.9 Å². The molecule has 92 valence electrons. The molecule has 6 nitrogen and oxygen atoms in total. The molecular formula is C12H11N3O3. The van der Waals surface area contributed by atoms with Crippen LogP contribution < -0.4 is 11.4 Å². The molecule has 1 aromatic heterocycles. The van der Waals surface area contributed by atoms with Crippen LogP contribution in [-0.2, 0) is 0 Å². The number of aromatic amines is 2. The van der Waals surface area contributed by atoms with Crippen molar-refractivity contribution in [3.8, 4) is 17.5 Å². The summed E-state index contributed by atoms with van der Waals surface area (Å²) in [6.07, 6.45) is 0. The van der Waals surface area contributed by atoms with Crippen LogP contribution in [0.2, 0.25) is 0 Å². The van der Waals surface area contributed by atoms with Gasteiger partial charge in [-0.1, -0.05) is 17.9 Å². The van der Waals surface area contributed by atoms with Gasteiger partial charge in [-0.3, -0.25) is 0 Å². The number of hydrogen-bond donors (Lipinski definition) is 3. The van der Waals surface area contributed by atoms with E-state index < -0.39 is 11.4 Å². The molecule has 0 atom stereocenters. The van der Waals surface area contributed by atoms with Gasteiger partial charge in [0.1, 0.15) is 6.61 Å². The van der Waals surface area contributed by atoms with Crippen molar-refractivity contribution in [2.24, 2.45) is 0 Å². The molecule has 0 unspecified atom stereocenters. The Morgan fingerprint density at radius 1 is 1.28 bits per heavy atom. The molecule has 0 fully saturated rings. The van der Waals surface area contributed by atoms with Gasteiger partial charge in [-0.15, -0.1) is 0 Å². The first kappa shape index (κ1) is 12.0. The summed E-state index contributed by atoms with van der Waals surface area (Å²) < 4.78 is 0.967. The normalized spacial score (nSPS) is 9.89. The van der Waals surface area contributed by atoms with E-state index in [-0.39, 0.29) is 6.61 Å². The van der Waals surface area contributed by atoms with Crippen LogP contribution in [0.25, 0.3) is 5.69 Å². The summed E-state index contributed by atoms with van der Waals surface area (Å²) in [5.41, 5.74) is 0.674. The zero-order valence-electron chi connectivity index (χ0n) is 9.65. The van der Waals surface area contributed by atoms with Crippen molar-refractivity contribution >= 4 is 0 Å². The molecule has 3 N–H and O–H groups in total. The van der Waals surface area contributed by atoms with Crippen LogP contribution in [0, 0.1) is 18.8 Å². The van der Waals surface area contributed by atoms with Crippen LogP contribution in [0.1, 0.15) is 11.1 Å². The molecule has 0 radical (unpaired) electrons. The van der Waals surface area contributed by atoms with Gasteiger partial charge in [0, 0.05) is 5.56 Å². The highest BCUT2D eigenvalue weighted by Gasteiger charge is 2.09. The minimum absolute atomic E-state index is 0.286. The van der Waals surface area contributed by atoms with Crippen molar-refractivity contribution in [2.75, 3.05) is 6.61 Å². The molecule has 1 aromatic carbocycles. The lowest BCUT2D eigenvalue weighted by molar-refractivity contribution is 0.350. The van der Waals surface area contributed by atoms with Crippen LogP contribution in [0.15, 0.2) is 27.8 Å². The van der Waals surface area contributed by atoms with Crippen molar-refractivity contribution in [1.82, 2.24) is 14.8 Å². The summed E-state index contributed by atoms with van der Waals surface area (Å²) in [6.45, 7) is 1.56. The van der Waals surface area contributed by atoms with E-state index >= 15 is 0 Å². The van der Waals surface area contributed by atoms with E-state index in [4.69, 9.17) is 5.11 Å². The van der Waals surface area contributed by atoms with E-state index in [0.717, 1.165) is 10.1 Å². The molecule has 0 aliphatic heterocycles. The summed E-state index contributed by atoms with van der Waals surface area (Å²) in [4.78, 5) is 23.1. The van der Waals surface area contributed by atoms with Crippen LogP contribution in [0.4, 0.5) is 0 Å². The number of aromatic nitrogens is 3. The van der Waals surface area contributed by atoms with Crippen molar-refractivity contribution in [2.45, 2.75) is 6.92 Å². The average Bonchev–Trinajstić information content (AvgIpc) is 2.67. The Balaban J connectivity index is 2.73. The molecule has 0 saturated heterocycles. The third-order valence-electron chi connectivity index (χ3n) is 2.38. The highest BCUT2D eigenvalue weighted by Crippen LogP contribution is 2.12. The summed E-state index contributed by atoms with van der Waals surface area (Å²) in [5.74, 6) is 5.20. The Morgan fingerprint density at radius 3 is 2.56 bits per heavy atom. The molecule has 6 heteroatoms. The second-order valence-electron chi connectivity index (χ2n) is 3.68. The SMILES string of the molecule is Cc1ccc(C#CCO)c(-n2c(=O)[nH][nH]c2=O)c1. The maximum Gasteiger partial charge on any atom is 0.349 e. The van der Waals surface area contributed by atoms with Gasteiger partial charge in [0.05, 0.1) is 5.69 Å². The minimum Gasteiger partial charge on any atom is -0.384 e. The number of nitrogens with one attached hydrogen (secondary N) is 2. The first-order valence-corrected chi connectivity index (χ1v) is 5.24.